The average molecular weight is 582 g/mol. The minimum atomic E-state index is -3.77. The van der Waals surface area contributed by atoms with E-state index < -0.39 is 30.3 Å². The third-order valence-corrected chi connectivity index (χ3v) is 8.66. The number of benzene rings is 2. The molecule has 1 aliphatic heterocycles. The number of nitrogens with zero attached hydrogens (tertiary/aromatic N) is 5. The molecule has 3 rings (SSSR count). The molecule has 1 heterocycles. The monoisotopic (exact) mass is 581 g/mol. The fraction of sp³-hybridized carbons (Fsp3) is 0.480. The second-order valence-corrected chi connectivity index (χ2v) is 12.4. The van der Waals surface area contributed by atoms with Crippen LogP contribution < -0.4 is 4.90 Å². The summed E-state index contributed by atoms with van der Waals surface area (Å²) in [7, 11) is -1.87. The highest BCUT2D eigenvalue weighted by atomic mass is 35.5. The maximum atomic E-state index is 12.8. The first-order valence-electron chi connectivity index (χ1n) is 12.5. The molecule has 2 N–H and O–H groups in total. The topological polar surface area (TPSA) is 158 Å². The van der Waals surface area contributed by atoms with Crippen molar-refractivity contribution in [2.75, 3.05) is 31.6 Å². The normalized spacial score (nSPS) is 19.0. The van der Waals surface area contributed by atoms with E-state index in [-0.39, 0.29) is 36.2 Å². The van der Waals surface area contributed by atoms with Crippen molar-refractivity contribution < 1.29 is 28.8 Å². The van der Waals surface area contributed by atoms with Gasteiger partial charge in [0, 0.05) is 44.4 Å². The Morgan fingerprint density at radius 1 is 1.28 bits per heavy atom. The molecule has 1 aliphatic rings. The van der Waals surface area contributed by atoms with E-state index >= 15 is 0 Å². The molecule has 1 fully saturated rings. The SMILES string of the molecule is CC(C)P(=O)(O)OC1CC(CO)N(C(=O)CCCN(C)c2ccc(N=Nc3ccc([N+](=O)[O-])cc3Cl)cc2)C1. The van der Waals surface area contributed by atoms with Crippen LogP contribution in [0.5, 0.6) is 0 Å². The third-order valence-electron chi connectivity index (χ3n) is 6.45. The molecule has 0 spiro atoms. The number of amides is 1. The zero-order valence-electron chi connectivity index (χ0n) is 22.0. The Morgan fingerprint density at radius 3 is 2.56 bits per heavy atom. The molecule has 12 nitrogen and oxygen atoms in total. The largest absolute Gasteiger partial charge is 0.394 e. The van der Waals surface area contributed by atoms with Crippen molar-refractivity contribution in [2.45, 2.75) is 50.9 Å². The molecule has 3 unspecified atom stereocenters. The lowest BCUT2D eigenvalue weighted by atomic mass is 10.2. The van der Waals surface area contributed by atoms with E-state index in [9.17, 15) is 29.5 Å². The van der Waals surface area contributed by atoms with Crippen LogP contribution in [0.15, 0.2) is 52.7 Å². The van der Waals surface area contributed by atoms with Gasteiger partial charge in [0.15, 0.2) is 0 Å². The van der Waals surface area contributed by atoms with Crippen molar-refractivity contribution in [3.05, 3.63) is 57.6 Å². The van der Waals surface area contributed by atoms with Crippen molar-refractivity contribution >= 4 is 47.9 Å². The summed E-state index contributed by atoms with van der Waals surface area (Å²) in [5, 5.41) is 28.9. The van der Waals surface area contributed by atoms with Crippen LogP contribution in [-0.2, 0) is 13.9 Å². The van der Waals surface area contributed by atoms with Gasteiger partial charge in [-0.1, -0.05) is 25.4 Å². The van der Waals surface area contributed by atoms with Gasteiger partial charge in [-0.15, -0.1) is 5.11 Å². The molecule has 2 aromatic rings. The fourth-order valence-corrected chi connectivity index (χ4v) is 5.12. The summed E-state index contributed by atoms with van der Waals surface area (Å²) in [6.45, 7) is 3.76. The first-order valence-corrected chi connectivity index (χ1v) is 14.5. The molecule has 1 amide bonds. The summed E-state index contributed by atoms with van der Waals surface area (Å²) in [5.41, 5.74) is 1.13. The van der Waals surface area contributed by atoms with E-state index in [1.165, 1.54) is 18.2 Å². The molecule has 0 aromatic heterocycles. The van der Waals surface area contributed by atoms with Gasteiger partial charge in [-0.05, 0) is 43.2 Å². The summed E-state index contributed by atoms with van der Waals surface area (Å²) < 4.78 is 17.6. The Bertz CT molecular complexity index is 1240. The second kappa shape index (κ2) is 13.5. The van der Waals surface area contributed by atoms with Crippen molar-refractivity contribution in [1.82, 2.24) is 4.90 Å². The summed E-state index contributed by atoms with van der Waals surface area (Å²) in [5.74, 6) is -0.133. The van der Waals surface area contributed by atoms with Crippen LogP contribution in [0.4, 0.5) is 22.7 Å². The predicted octanol–water partition coefficient (Wildman–Crippen LogP) is 5.45. The fourth-order valence-electron chi connectivity index (χ4n) is 4.08. The lowest BCUT2D eigenvalue weighted by Gasteiger charge is -2.24. The maximum Gasteiger partial charge on any atom is 0.330 e. The number of hydrogen-bond acceptors (Lipinski definition) is 9. The maximum absolute atomic E-state index is 12.8. The number of carbonyl (C=O) groups excluding carboxylic acids is 1. The first kappa shape index (κ1) is 30.6. The quantitative estimate of drug-likeness (QED) is 0.145. The van der Waals surface area contributed by atoms with Crippen LogP contribution in [-0.4, -0.2) is 70.3 Å². The van der Waals surface area contributed by atoms with E-state index in [1.807, 2.05) is 24.1 Å². The van der Waals surface area contributed by atoms with E-state index in [4.69, 9.17) is 16.1 Å². The van der Waals surface area contributed by atoms with Gasteiger partial charge in [-0.2, -0.15) is 5.11 Å². The highest BCUT2D eigenvalue weighted by Gasteiger charge is 2.39. The molecule has 3 atom stereocenters. The van der Waals surface area contributed by atoms with E-state index in [1.54, 1.807) is 30.9 Å². The summed E-state index contributed by atoms with van der Waals surface area (Å²) in [6, 6.07) is 10.8. The standard InChI is InChI=1S/C25H33ClN5O7P/c1-17(2)39(36,37)38-22-13-21(16-32)30(15-22)25(33)5-4-12-29(3)19-8-6-18(7-9-19)27-28-24-11-10-20(31(34)35)14-23(24)26/h6-11,14,17,21-22,32H,4-5,12-13,15-16H2,1-3H3,(H,36,37). The lowest BCUT2D eigenvalue weighted by molar-refractivity contribution is -0.384. The van der Waals surface area contributed by atoms with Gasteiger partial charge >= 0.3 is 7.60 Å². The summed E-state index contributed by atoms with van der Waals surface area (Å²) in [6.07, 6.45) is 0.565. The lowest BCUT2D eigenvalue weighted by Crippen LogP contribution is -2.38. The Hall–Kier alpha value is -2.89. The minimum absolute atomic E-state index is 0.125. The van der Waals surface area contributed by atoms with Crippen molar-refractivity contribution in [3.8, 4) is 0 Å². The molecule has 0 aliphatic carbocycles. The van der Waals surface area contributed by atoms with Crippen LogP contribution >= 0.6 is 19.2 Å². The number of hydrogen-bond donors (Lipinski definition) is 2. The van der Waals surface area contributed by atoms with Crippen LogP contribution in [0.25, 0.3) is 0 Å². The number of nitro benzene ring substituents is 1. The number of nitro groups is 1. The molecule has 0 saturated carbocycles. The van der Waals surface area contributed by atoms with Gasteiger partial charge in [0.2, 0.25) is 5.91 Å². The molecule has 1 saturated heterocycles. The molecular formula is C25H33ClN5O7P. The smallest absolute Gasteiger partial charge is 0.330 e. The second-order valence-electron chi connectivity index (χ2n) is 9.64. The Labute approximate surface area is 231 Å². The van der Waals surface area contributed by atoms with Gasteiger partial charge in [0.1, 0.15) is 5.69 Å². The van der Waals surface area contributed by atoms with E-state index in [0.29, 0.717) is 30.8 Å². The van der Waals surface area contributed by atoms with Crippen molar-refractivity contribution in [1.29, 1.82) is 0 Å². The molecule has 0 radical (unpaired) electrons. The zero-order chi connectivity index (χ0) is 28.7. The van der Waals surface area contributed by atoms with E-state index in [2.05, 4.69) is 10.2 Å². The molecule has 39 heavy (non-hydrogen) atoms. The number of halogens is 1. The number of aliphatic hydroxyl groups is 1. The highest BCUT2D eigenvalue weighted by molar-refractivity contribution is 7.53. The number of anilines is 1. The predicted molar refractivity (Wildman–Crippen MR) is 148 cm³/mol. The Morgan fingerprint density at radius 2 is 1.97 bits per heavy atom. The summed E-state index contributed by atoms with van der Waals surface area (Å²) >= 11 is 6.05. The van der Waals surface area contributed by atoms with Crippen LogP contribution in [0, 0.1) is 10.1 Å². The molecule has 2 aromatic carbocycles. The minimum Gasteiger partial charge on any atom is -0.394 e. The Kier molecular flexibility index (Phi) is 10.6. The van der Waals surface area contributed by atoms with Gasteiger partial charge in [-0.25, -0.2) is 0 Å². The first-order chi connectivity index (χ1) is 18.4. The van der Waals surface area contributed by atoms with Gasteiger partial charge in [0.25, 0.3) is 5.69 Å². The number of rotatable bonds is 12. The molecule has 14 heteroatoms. The summed E-state index contributed by atoms with van der Waals surface area (Å²) in [4.78, 5) is 36.7. The van der Waals surface area contributed by atoms with Gasteiger partial charge in [0.05, 0.1) is 40.0 Å². The van der Waals surface area contributed by atoms with Crippen LogP contribution in [0.2, 0.25) is 5.02 Å². The van der Waals surface area contributed by atoms with Crippen LogP contribution in [0.3, 0.4) is 0 Å². The average Bonchev–Trinajstić information content (AvgIpc) is 3.30. The number of azo groups is 1. The number of likely N-dealkylation sites (tertiary alicyclic amines) is 1. The van der Waals surface area contributed by atoms with Gasteiger partial charge in [-0.3, -0.25) is 19.5 Å². The third kappa shape index (κ3) is 8.30. The molecule has 0 bridgehead atoms. The molecule has 212 valence electrons. The zero-order valence-corrected chi connectivity index (χ0v) is 23.7. The van der Waals surface area contributed by atoms with E-state index in [0.717, 1.165) is 5.69 Å². The highest BCUT2D eigenvalue weighted by Crippen LogP contribution is 2.49. The Balaban J connectivity index is 1.50. The van der Waals surface area contributed by atoms with Gasteiger partial charge < -0.3 is 24.3 Å². The van der Waals surface area contributed by atoms with Crippen LogP contribution in [0.1, 0.15) is 33.1 Å². The molecular weight excluding hydrogens is 549 g/mol. The number of aliphatic hydroxyl groups excluding tert-OH is 1. The van der Waals surface area contributed by atoms with Crippen molar-refractivity contribution in [2.24, 2.45) is 10.2 Å². The number of carbonyl (C=O) groups is 1. The van der Waals surface area contributed by atoms with Crippen molar-refractivity contribution in [3.63, 3.8) is 0 Å². The number of non-ortho nitro benzene ring substituents is 1.